The molecule has 2 fully saturated rings. The van der Waals surface area contributed by atoms with E-state index in [9.17, 15) is 4.21 Å². The Morgan fingerprint density at radius 2 is 1.45 bits per heavy atom. The minimum Gasteiger partial charge on any atom is -0.260 e. The molecule has 0 amide bonds. The van der Waals surface area contributed by atoms with Gasteiger partial charge in [-0.2, -0.15) is 11.8 Å². The van der Waals surface area contributed by atoms with Gasteiger partial charge in [0.25, 0.3) is 0 Å². The molecule has 66 valence electrons. The molecule has 0 bridgehead atoms. The summed E-state index contributed by atoms with van der Waals surface area (Å²) in [5.74, 6) is 4.75. The molecule has 2 aliphatic rings. The number of thioether (sulfide) groups is 1. The van der Waals surface area contributed by atoms with Crippen LogP contribution in [0.5, 0.6) is 0 Å². The van der Waals surface area contributed by atoms with Crippen molar-refractivity contribution in [2.45, 2.75) is 25.7 Å². The van der Waals surface area contributed by atoms with E-state index in [1.54, 1.807) is 0 Å². The van der Waals surface area contributed by atoms with E-state index in [2.05, 4.69) is 11.8 Å². The molecule has 1 nitrogen and oxygen atoms in total. The molecule has 0 atom stereocenters. The summed E-state index contributed by atoms with van der Waals surface area (Å²) in [7, 11) is -0.423. The summed E-state index contributed by atoms with van der Waals surface area (Å²) < 4.78 is 10.4. The topological polar surface area (TPSA) is 17.1 Å². The van der Waals surface area contributed by atoms with Gasteiger partial charge in [0.1, 0.15) is 0 Å². The first-order chi connectivity index (χ1) is 5.39. The van der Waals surface area contributed by atoms with Crippen molar-refractivity contribution in [3.63, 3.8) is 0 Å². The second-order valence-electron chi connectivity index (χ2n) is 2.87. The summed E-state index contributed by atoms with van der Waals surface area (Å²) >= 11 is 2.07. The lowest BCUT2D eigenvalue weighted by Gasteiger charge is -1.74. The fraction of sp³-hybridized carbons (Fsp3) is 1.00. The van der Waals surface area contributed by atoms with Gasteiger partial charge in [0, 0.05) is 22.3 Å². The van der Waals surface area contributed by atoms with E-state index in [1.807, 2.05) is 0 Å². The Bertz CT molecular complexity index is 106. The third-order valence-electron chi connectivity index (χ3n) is 1.82. The molecule has 2 saturated heterocycles. The van der Waals surface area contributed by atoms with Gasteiger partial charge in [0.15, 0.2) is 0 Å². The van der Waals surface area contributed by atoms with Gasteiger partial charge in [-0.15, -0.1) is 0 Å². The van der Waals surface area contributed by atoms with Gasteiger partial charge in [0.2, 0.25) is 0 Å². The van der Waals surface area contributed by atoms with Crippen LogP contribution in [0.15, 0.2) is 0 Å². The molecular weight excluding hydrogens is 176 g/mol. The molecule has 0 spiro atoms. The maximum absolute atomic E-state index is 10.4. The molecule has 0 saturated carbocycles. The lowest BCUT2D eigenvalue weighted by Crippen LogP contribution is -1.85. The van der Waals surface area contributed by atoms with Gasteiger partial charge < -0.3 is 0 Å². The van der Waals surface area contributed by atoms with E-state index in [4.69, 9.17) is 0 Å². The standard InChI is InChI=1S/C4H8OS.C4H8S/c5-6-3-1-2-4-6;1-2-4-5-3-1/h1-4H2;1-4H2. The Balaban J connectivity index is 0.000000112. The molecule has 11 heavy (non-hydrogen) atoms. The first-order valence-electron chi connectivity index (χ1n) is 4.32. The first-order valence-corrected chi connectivity index (χ1v) is 6.96. The van der Waals surface area contributed by atoms with Crippen LogP contribution >= 0.6 is 11.8 Å². The lowest BCUT2D eigenvalue weighted by molar-refractivity contribution is 0.687. The van der Waals surface area contributed by atoms with Crippen LogP contribution in [0.3, 0.4) is 0 Å². The maximum Gasteiger partial charge on any atom is 0.0235 e. The van der Waals surface area contributed by atoms with Crippen LogP contribution in [0.2, 0.25) is 0 Å². The summed E-state index contributed by atoms with van der Waals surface area (Å²) in [6, 6.07) is 0. The molecular formula is C8H16OS2. The van der Waals surface area contributed by atoms with E-state index in [1.165, 1.54) is 37.2 Å². The van der Waals surface area contributed by atoms with Crippen molar-refractivity contribution in [2.75, 3.05) is 23.0 Å². The van der Waals surface area contributed by atoms with Gasteiger partial charge >= 0.3 is 0 Å². The third-order valence-corrected chi connectivity index (χ3v) is 4.46. The van der Waals surface area contributed by atoms with Crippen molar-refractivity contribution in [1.82, 2.24) is 0 Å². The van der Waals surface area contributed by atoms with E-state index in [0.29, 0.717) is 0 Å². The second-order valence-corrected chi connectivity index (χ2v) is 5.80. The molecule has 2 heterocycles. The monoisotopic (exact) mass is 192 g/mol. The van der Waals surface area contributed by atoms with Crippen molar-refractivity contribution in [3.8, 4) is 0 Å². The molecule has 0 aromatic rings. The summed E-state index contributed by atoms with van der Waals surface area (Å²) in [6.45, 7) is 0. The normalized spacial score (nSPS) is 24.7. The van der Waals surface area contributed by atoms with Gasteiger partial charge in [-0.05, 0) is 37.2 Å². The van der Waals surface area contributed by atoms with Crippen molar-refractivity contribution >= 4 is 22.6 Å². The van der Waals surface area contributed by atoms with Crippen molar-refractivity contribution < 1.29 is 4.21 Å². The predicted octanol–water partition coefficient (Wildman–Crippen LogP) is 2.04. The Labute approximate surface area is 75.8 Å². The Morgan fingerprint density at radius 1 is 0.909 bits per heavy atom. The van der Waals surface area contributed by atoms with E-state index in [0.717, 1.165) is 11.5 Å². The van der Waals surface area contributed by atoms with Crippen LogP contribution in [-0.4, -0.2) is 27.2 Å². The van der Waals surface area contributed by atoms with Crippen LogP contribution < -0.4 is 0 Å². The van der Waals surface area contributed by atoms with E-state index >= 15 is 0 Å². The fourth-order valence-corrected chi connectivity index (χ4v) is 3.42. The molecule has 0 radical (unpaired) electrons. The second kappa shape index (κ2) is 6.06. The fourth-order valence-electron chi connectivity index (χ4n) is 1.14. The zero-order chi connectivity index (χ0) is 7.94. The van der Waals surface area contributed by atoms with Gasteiger partial charge in [-0.3, -0.25) is 4.21 Å². The molecule has 0 N–H and O–H groups in total. The Kier molecular flexibility index (Phi) is 5.29. The van der Waals surface area contributed by atoms with Gasteiger partial charge in [-0.1, -0.05) is 0 Å². The minimum absolute atomic E-state index is 0.423. The van der Waals surface area contributed by atoms with Crippen molar-refractivity contribution in [3.05, 3.63) is 0 Å². The first kappa shape index (κ1) is 9.59. The highest BCUT2D eigenvalue weighted by Gasteiger charge is 2.05. The minimum atomic E-state index is -0.423. The van der Waals surface area contributed by atoms with E-state index in [-0.39, 0.29) is 0 Å². The average molecular weight is 192 g/mol. The van der Waals surface area contributed by atoms with Crippen molar-refractivity contribution in [1.29, 1.82) is 0 Å². The van der Waals surface area contributed by atoms with Crippen LogP contribution in [0.4, 0.5) is 0 Å². The number of hydrogen-bond acceptors (Lipinski definition) is 2. The molecule has 3 heteroatoms. The molecule has 0 aliphatic carbocycles. The van der Waals surface area contributed by atoms with Crippen LogP contribution in [0.25, 0.3) is 0 Å². The Hall–Kier alpha value is 0.500. The van der Waals surface area contributed by atoms with E-state index < -0.39 is 10.8 Å². The van der Waals surface area contributed by atoms with Gasteiger partial charge in [0.05, 0.1) is 0 Å². The average Bonchev–Trinajstić information content (AvgIpc) is 2.57. The van der Waals surface area contributed by atoms with Crippen molar-refractivity contribution in [2.24, 2.45) is 0 Å². The van der Waals surface area contributed by atoms with Crippen LogP contribution in [-0.2, 0) is 10.8 Å². The SMILES string of the molecule is C1CCSC1.O=S1CCCC1. The lowest BCUT2D eigenvalue weighted by atomic mass is 10.4. The molecule has 0 aromatic heterocycles. The highest BCUT2D eigenvalue weighted by atomic mass is 32.2. The van der Waals surface area contributed by atoms with Gasteiger partial charge in [-0.25, -0.2) is 0 Å². The summed E-state index contributed by atoms with van der Waals surface area (Å²) in [5.41, 5.74) is 0. The quantitative estimate of drug-likeness (QED) is 0.584. The summed E-state index contributed by atoms with van der Waals surface area (Å²) in [5, 5.41) is 0. The molecule has 0 aromatic carbocycles. The predicted molar refractivity (Wildman–Crippen MR) is 53.7 cm³/mol. The third kappa shape index (κ3) is 4.86. The highest BCUT2D eigenvalue weighted by Crippen LogP contribution is 2.14. The number of hydrogen-bond donors (Lipinski definition) is 0. The summed E-state index contributed by atoms with van der Waals surface area (Å²) in [4.78, 5) is 0. The number of rotatable bonds is 0. The molecule has 0 unspecified atom stereocenters. The molecule has 2 rings (SSSR count). The largest absolute Gasteiger partial charge is 0.260 e. The van der Waals surface area contributed by atoms with Crippen LogP contribution in [0.1, 0.15) is 25.7 Å². The smallest absolute Gasteiger partial charge is 0.0235 e. The highest BCUT2D eigenvalue weighted by molar-refractivity contribution is 7.99. The molecule has 2 aliphatic heterocycles. The Morgan fingerprint density at radius 3 is 1.64 bits per heavy atom. The zero-order valence-electron chi connectivity index (χ0n) is 6.88. The zero-order valence-corrected chi connectivity index (χ0v) is 8.51. The summed E-state index contributed by atoms with van der Waals surface area (Å²) in [6.07, 6.45) is 5.30. The maximum atomic E-state index is 10.4. The van der Waals surface area contributed by atoms with Crippen LogP contribution in [0, 0.1) is 0 Å².